The van der Waals surface area contributed by atoms with Crippen molar-refractivity contribution in [3.8, 4) is 11.5 Å². The van der Waals surface area contributed by atoms with Crippen LogP contribution in [0.2, 0.25) is 0 Å². The summed E-state index contributed by atoms with van der Waals surface area (Å²) in [7, 11) is 0. The van der Waals surface area contributed by atoms with Crippen molar-refractivity contribution in [2.24, 2.45) is 0 Å². The van der Waals surface area contributed by atoms with Crippen LogP contribution in [-0.4, -0.2) is 41.8 Å². The molecule has 1 aliphatic rings. The monoisotopic (exact) mass is 491 g/mol. The smallest absolute Gasteiger partial charge is 0.344 e. The number of fused-ring (bicyclic) bond motifs is 1. The van der Waals surface area contributed by atoms with Crippen LogP contribution < -0.4 is 9.47 Å². The van der Waals surface area contributed by atoms with Gasteiger partial charge in [-0.25, -0.2) is 4.79 Å². The second-order valence-corrected chi connectivity index (χ2v) is 8.63. The van der Waals surface area contributed by atoms with E-state index in [4.69, 9.17) is 14.2 Å². The van der Waals surface area contributed by atoms with Gasteiger partial charge in [0.05, 0.1) is 24.7 Å². The molecule has 0 radical (unpaired) electrons. The maximum Gasteiger partial charge on any atom is 0.344 e. The predicted molar refractivity (Wildman–Crippen MR) is 135 cm³/mol. The molecule has 1 fully saturated rings. The van der Waals surface area contributed by atoms with E-state index in [2.05, 4.69) is 0 Å². The number of hydrogen-bond donors (Lipinski definition) is 0. The zero-order valence-corrected chi connectivity index (χ0v) is 20.3. The van der Waals surface area contributed by atoms with Crippen molar-refractivity contribution in [3.05, 3.63) is 76.7 Å². The van der Waals surface area contributed by atoms with E-state index in [0.29, 0.717) is 28.6 Å². The van der Waals surface area contributed by atoms with E-state index >= 15 is 0 Å². The first-order chi connectivity index (χ1) is 17.0. The summed E-state index contributed by atoms with van der Waals surface area (Å²) >= 11 is 0.910. The second-order valence-electron chi connectivity index (χ2n) is 7.64. The Morgan fingerprint density at radius 1 is 0.943 bits per heavy atom. The van der Waals surface area contributed by atoms with Gasteiger partial charge in [0.15, 0.2) is 18.1 Å². The van der Waals surface area contributed by atoms with Gasteiger partial charge in [-0.3, -0.25) is 14.5 Å². The number of benzene rings is 3. The first kappa shape index (κ1) is 24.3. The lowest BCUT2D eigenvalue weighted by molar-refractivity contribution is -0.145. The fourth-order valence-corrected chi connectivity index (χ4v) is 4.57. The van der Waals surface area contributed by atoms with Gasteiger partial charge in [-0.2, -0.15) is 0 Å². The van der Waals surface area contributed by atoms with Gasteiger partial charge in [0.25, 0.3) is 11.1 Å². The maximum absolute atomic E-state index is 13.1. The Balaban J connectivity index is 1.53. The molecule has 1 saturated heterocycles. The second kappa shape index (κ2) is 11.1. The molecule has 8 heteroatoms. The minimum atomic E-state index is -0.473. The normalized spacial score (nSPS) is 14.6. The average molecular weight is 492 g/mol. The molecule has 0 spiro atoms. The van der Waals surface area contributed by atoms with Crippen LogP contribution >= 0.6 is 11.8 Å². The molecule has 4 rings (SSSR count). The SMILES string of the molecule is CCOC(=O)COc1ccc(/C=C2\SC(=O)N(Cc3cccc4ccccc34)C2=O)cc1OCC. The molecule has 0 aliphatic carbocycles. The third-order valence-corrected chi connectivity index (χ3v) is 6.21. The molecule has 2 amide bonds. The van der Waals surface area contributed by atoms with Crippen LogP contribution in [0.4, 0.5) is 4.79 Å². The summed E-state index contributed by atoms with van der Waals surface area (Å²) in [5.41, 5.74) is 1.58. The summed E-state index contributed by atoms with van der Waals surface area (Å²) in [5, 5.41) is 1.76. The summed E-state index contributed by atoms with van der Waals surface area (Å²) in [6, 6.07) is 18.9. The van der Waals surface area contributed by atoms with Crippen LogP contribution in [0.1, 0.15) is 25.0 Å². The summed E-state index contributed by atoms with van der Waals surface area (Å²) in [6.07, 6.45) is 1.66. The standard InChI is InChI=1S/C27H25NO6S/c1-3-32-23-14-18(12-13-22(23)34-17-25(29)33-4-2)15-24-26(30)28(27(31)35-24)16-20-10-7-9-19-8-5-6-11-21(19)20/h5-15H,3-4,16-17H2,1-2H3/b24-15-. The Morgan fingerprint density at radius 2 is 1.74 bits per heavy atom. The fourth-order valence-electron chi connectivity index (χ4n) is 3.73. The zero-order chi connectivity index (χ0) is 24.8. The molecule has 7 nitrogen and oxygen atoms in total. The number of imide groups is 1. The van der Waals surface area contributed by atoms with Crippen LogP contribution in [0, 0.1) is 0 Å². The van der Waals surface area contributed by atoms with Gasteiger partial charge in [0, 0.05) is 0 Å². The number of hydrogen-bond acceptors (Lipinski definition) is 7. The predicted octanol–water partition coefficient (Wildman–Crippen LogP) is 5.42. The van der Waals surface area contributed by atoms with Gasteiger partial charge in [0.2, 0.25) is 0 Å². The average Bonchev–Trinajstić information content (AvgIpc) is 3.11. The van der Waals surface area contributed by atoms with Crippen molar-refractivity contribution in [2.75, 3.05) is 19.8 Å². The molecular weight excluding hydrogens is 466 g/mol. The highest BCUT2D eigenvalue weighted by molar-refractivity contribution is 8.18. The topological polar surface area (TPSA) is 82.1 Å². The molecule has 0 bridgehead atoms. The van der Waals surface area contributed by atoms with Gasteiger partial charge < -0.3 is 14.2 Å². The number of carbonyl (C=O) groups excluding carboxylic acids is 3. The van der Waals surface area contributed by atoms with Crippen molar-refractivity contribution in [1.82, 2.24) is 4.90 Å². The molecule has 180 valence electrons. The lowest BCUT2D eigenvalue weighted by atomic mass is 10.0. The Bertz CT molecular complexity index is 1300. The van der Waals surface area contributed by atoms with E-state index in [0.717, 1.165) is 28.1 Å². The van der Waals surface area contributed by atoms with Gasteiger partial charge in [-0.15, -0.1) is 0 Å². The minimum Gasteiger partial charge on any atom is -0.490 e. The Morgan fingerprint density at radius 3 is 2.54 bits per heavy atom. The van der Waals surface area contributed by atoms with Crippen molar-refractivity contribution in [2.45, 2.75) is 20.4 Å². The van der Waals surface area contributed by atoms with E-state index < -0.39 is 5.97 Å². The largest absolute Gasteiger partial charge is 0.490 e. The van der Waals surface area contributed by atoms with Crippen molar-refractivity contribution in [1.29, 1.82) is 0 Å². The number of rotatable bonds is 9. The van der Waals surface area contributed by atoms with E-state index in [1.807, 2.05) is 49.4 Å². The van der Waals surface area contributed by atoms with Gasteiger partial charge in [0.1, 0.15) is 0 Å². The fraction of sp³-hybridized carbons (Fsp3) is 0.222. The number of nitrogens with zero attached hydrogens (tertiary/aromatic N) is 1. The molecule has 1 heterocycles. The summed E-state index contributed by atoms with van der Waals surface area (Å²) < 4.78 is 16.1. The van der Waals surface area contributed by atoms with Crippen LogP contribution in [0.5, 0.6) is 11.5 Å². The lowest BCUT2D eigenvalue weighted by Crippen LogP contribution is -2.27. The number of thioether (sulfide) groups is 1. The third kappa shape index (κ3) is 5.66. The number of ether oxygens (including phenoxy) is 3. The summed E-state index contributed by atoms with van der Waals surface area (Å²) in [6.45, 7) is 4.19. The highest BCUT2D eigenvalue weighted by Gasteiger charge is 2.35. The number of esters is 1. The highest BCUT2D eigenvalue weighted by atomic mass is 32.2. The molecule has 1 aliphatic heterocycles. The van der Waals surface area contributed by atoms with Crippen molar-refractivity contribution < 1.29 is 28.6 Å². The molecule has 0 saturated carbocycles. The molecular formula is C27H25NO6S. The van der Waals surface area contributed by atoms with E-state index in [9.17, 15) is 14.4 Å². The molecule has 0 atom stereocenters. The molecule has 3 aromatic carbocycles. The Hall–Kier alpha value is -3.78. The van der Waals surface area contributed by atoms with Crippen LogP contribution in [0.25, 0.3) is 16.8 Å². The van der Waals surface area contributed by atoms with Crippen molar-refractivity contribution in [3.63, 3.8) is 0 Å². The molecule has 3 aromatic rings. The summed E-state index contributed by atoms with van der Waals surface area (Å²) in [4.78, 5) is 39.0. The van der Waals surface area contributed by atoms with Crippen LogP contribution in [-0.2, 0) is 20.9 Å². The third-order valence-electron chi connectivity index (χ3n) is 5.30. The molecule has 0 aromatic heterocycles. The lowest BCUT2D eigenvalue weighted by Gasteiger charge is -2.14. The van der Waals surface area contributed by atoms with E-state index in [1.165, 1.54) is 4.90 Å². The Labute approximate surface area is 207 Å². The van der Waals surface area contributed by atoms with E-state index in [-0.39, 0.29) is 30.9 Å². The van der Waals surface area contributed by atoms with Crippen molar-refractivity contribution >= 4 is 45.7 Å². The zero-order valence-electron chi connectivity index (χ0n) is 19.5. The first-order valence-electron chi connectivity index (χ1n) is 11.3. The highest BCUT2D eigenvalue weighted by Crippen LogP contribution is 2.36. The van der Waals surface area contributed by atoms with Crippen LogP contribution in [0.3, 0.4) is 0 Å². The number of amides is 2. The quantitative estimate of drug-likeness (QED) is 0.292. The summed E-state index contributed by atoms with van der Waals surface area (Å²) in [5.74, 6) is 0.00840. The van der Waals surface area contributed by atoms with Gasteiger partial charge in [-0.1, -0.05) is 48.5 Å². The molecule has 0 unspecified atom stereocenters. The molecule has 0 N–H and O–H groups in total. The van der Waals surface area contributed by atoms with Gasteiger partial charge in [-0.05, 0) is 65.7 Å². The minimum absolute atomic E-state index is 0.203. The Kier molecular flexibility index (Phi) is 7.72. The maximum atomic E-state index is 13.1. The number of carbonyl (C=O) groups is 3. The van der Waals surface area contributed by atoms with Gasteiger partial charge >= 0.3 is 5.97 Å². The van der Waals surface area contributed by atoms with Crippen LogP contribution in [0.15, 0.2) is 65.6 Å². The molecule has 35 heavy (non-hydrogen) atoms. The van der Waals surface area contributed by atoms with E-state index in [1.54, 1.807) is 31.2 Å². The first-order valence-corrected chi connectivity index (χ1v) is 12.1.